The minimum absolute atomic E-state index is 0.184. The summed E-state index contributed by atoms with van der Waals surface area (Å²) in [6.45, 7) is 5.33. The van der Waals surface area contributed by atoms with E-state index >= 15 is 0 Å². The summed E-state index contributed by atoms with van der Waals surface area (Å²) in [6.07, 6.45) is 1.64. The Morgan fingerprint density at radius 1 is 1.47 bits per heavy atom. The summed E-state index contributed by atoms with van der Waals surface area (Å²) in [7, 11) is 0. The second kappa shape index (κ2) is 5.62. The predicted octanol–water partition coefficient (Wildman–Crippen LogP) is 1.68. The van der Waals surface area contributed by atoms with Crippen LogP contribution in [0.15, 0.2) is 6.20 Å². The topological polar surface area (TPSA) is 91.3 Å². The molecule has 94 valence electrons. The van der Waals surface area contributed by atoms with Crippen molar-refractivity contribution in [1.29, 1.82) is 0 Å². The van der Waals surface area contributed by atoms with Gasteiger partial charge in [0.25, 0.3) is 0 Å². The van der Waals surface area contributed by atoms with Crippen molar-refractivity contribution in [2.75, 3.05) is 5.32 Å². The van der Waals surface area contributed by atoms with Crippen molar-refractivity contribution in [2.24, 2.45) is 5.92 Å². The number of carboxylic acids is 1. The summed E-state index contributed by atoms with van der Waals surface area (Å²) < 4.78 is 0. The molecule has 0 radical (unpaired) electrons. The number of rotatable bonds is 4. The van der Waals surface area contributed by atoms with Crippen LogP contribution in [0.4, 0.5) is 9.93 Å². The third kappa shape index (κ3) is 4.03. The van der Waals surface area contributed by atoms with Crippen molar-refractivity contribution >= 4 is 28.5 Å². The first kappa shape index (κ1) is 13.4. The molecule has 1 atom stereocenters. The maximum atomic E-state index is 11.5. The number of carbonyl (C=O) groups is 2. The maximum Gasteiger partial charge on any atom is 0.326 e. The molecule has 0 saturated carbocycles. The van der Waals surface area contributed by atoms with Crippen LogP contribution in [0.2, 0.25) is 0 Å². The third-order valence-electron chi connectivity index (χ3n) is 2.06. The summed E-state index contributed by atoms with van der Waals surface area (Å²) in [5, 5.41) is 14.2. The van der Waals surface area contributed by atoms with Gasteiger partial charge in [0.05, 0.1) is 0 Å². The first-order valence-electron chi connectivity index (χ1n) is 5.13. The van der Waals surface area contributed by atoms with Gasteiger partial charge >= 0.3 is 12.0 Å². The fourth-order valence-corrected chi connectivity index (χ4v) is 1.86. The lowest BCUT2D eigenvalue weighted by atomic mass is 10.1. The van der Waals surface area contributed by atoms with E-state index < -0.39 is 18.0 Å². The lowest BCUT2D eigenvalue weighted by Gasteiger charge is -2.17. The first-order valence-corrected chi connectivity index (χ1v) is 5.94. The monoisotopic (exact) mass is 257 g/mol. The number of aryl methyl sites for hydroxylation is 1. The molecule has 0 aromatic carbocycles. The van der Waals surface area contributed by atoms with Crippen molar-refractivity contribution in [1.82, 2.24) is 10.3 Å². The number of thiazole rings is 1. The van der Waals surface area contributed by atoms with E-state index in [0.717, 1.165) is 4.88 Å². The Labute approximate surface area is 103 Å². The molecule has 0 fully saturated rings. The van der Waals surface area contributed by atoms with E-state index in [-0.39, 0.29) is 5.92 Å². The molecule has 1 aromatic heterocycles. The Morgan fingerprint density at radius 2 is 2.12 bits per heavy atom. The van der Waals surface area contributed by atoms with E-state index in [1.54, 1.807) is 20.0 Å². The average molecular weight is 257 g/mol. The van der Waals surface area contributed by atoms with Crippen molar-refractivity contribution < 1.29 is 14.7 Å². The molecule has 3 N–H and O–H groups in total. The lowest BCUT2D eigenvalue weighted by Crippen LogP contribution is -2.46. The molecular weight excluding hydrogens is 242 g/mol. The molecular formula is C10H15N3O3S. The van der Waals surface area contributed by atoms with Gasteiger partial charge in [-0.25, -0.2) is 14.6 Å². The van der Waals surface area contributed by atoms with Crippen LogP contribution in [0.5, 0.6) is 0 Å². The molecule has 0 spiro atoms. The SMILES string of the molecule is Cc1cnc(NC(=O)N[C@H](C(=O)O)C(C)C)s1. The zero-order valence-electron chi connectivity index (χ0n) is 9.85. The van der Waals surface area contributed by atoms with Gasteiger partial charge in [-0.1, -0.05) is 13.8 Å². The largest absolute Gasteiger partial charge is 0.480 e. The second-order valence-electron chi connectivity index (χ2n) is 3.93. The maximum absolute atomic E-state index is 11.5. The van der Waals surface area contributed by atoms with Crippen LogP contribution >= 0.6 is 11.3 Å². The molecule has 0 aliphatic carbocycles. The number of carbonyl (C=O) groups excluding carboxylic acids is 1. The zero-order chi connectivity index (χ0) is 13.0. The van der Waals surface area contributed by atoms with Gasteiger partial charge in [0.1, 0.15) is 6.04 Å². The standard InChI is InChI=1S/C10H15N3O3S/c1-5(2)7(8(14)15)12-9(16)13-10-11-4-6(3)17-10/h4-5,7H,1-3H3,(H,14,15)(H2,11,12,13,16)/t7-/m0/s1. The number of nitrogens with zero attached hydrogens (tertiary/aromatic N) is 1. The van der Waals surface area contributed by atoms with Gasteiger partial charge in [0.2, 0.25) is 0 Å². The smallest absolute Gasteiger partial charge is 0.326 e. The molecule has 7 heteroatoms. The number of aromatic nitrogens is 1. The molecule has 1 aromatic rings. The van der Waals surface area contributed by atoms with Gasteiger partial charge < -0.3 is 10.4 Å². The van der Waals surface area contributed by atoms with E-state index in [0.29, 0.717) is 5.13 Å². The Kier molecular flexibility index (Phi) is 4.45. The normalized spacial score (nSPS) is 12.2. The third-order valence-corrected chi connectivity index (χ3v) is 2.89. The number of aliphatic carboxylic acids is 1. The molecule has 0 aliphatic rings. The molecule has 0 saturated heterocycles. The van der Waals surface area contributed by atoms with Crippen LogP contribution in [-0.2, 0) is 4.79 Å². The van der Waals surface area contributed by atoms with Gasteiger partial charge in [-0.3, -0.25) is 5.32 Å². The highest BCUT2D eigenvalue weighted by molar-refractivity contribution is 7.15. The van der Waals surface area contributed by atoms with Crippen LogP contribution in [0.1, 0.15) is 18.7 Å². The van der Waals surface area contributed by atoms with Gasteiger partial charge in [0.15, 0.2) is 5.13 Å². The quantitative estimate of drug-likeness (QED) is 0.765. The van der Waals surface area contributed by atoms with Crippen molar-refractivity contribution in [3.63, 3.8) is 0 Å². The highest BCUT2D eigenvalue weighted by atomic mass is 32.1. The van der Waals surface area contributed by atoms with E-state index in [2.05, 4.69) is 15.6 Å². The number of amides is 2. The van der Waals surface area contributed by atoms with Crippen LogP contribution in [0.25, 0.3) is 0 Å². The molecule has 1 heterocycles. The van der Waals surface area contributed by atoms with Gasteiger partial charge in [0, 0.05) is 11.1 Å². The molecule has 0 bridgehead atoms. The van der Waals surface area contributed by atoms with E-state index in [9.17, 15) is 9.59 Å². The Morgan fingerprint density at radius 3 is 2.53 bits per heavy atom. The van der Waals surface area contributed by atoms with Crippen LogP contribution < -0.4 is 10.6 Å². The Hall–Kier alpha value is -1.63. The lowest BCUT2D eigenvalue weighted by molar-refractivity contribution is -0.140. The van der Waals surface area contributed by atoms with Gasteiger partial charge in [-0.15, -0.1) is 11.3 Å². The van der Waals surface area contributed by atoms with E-state index in [1.165, 1.54) is 11.3 Å². The summed E-state index contributed by atoms with van der Waals surface area (Å²) >= 11 is 1.33. The van der Waals surface area contributed by atoms with E-state index in [1.807, 2.05) is 6.92 Å². The first-order chi connectivity index (χ1) is 7.90. The summed E-state index contributed by atoms with van der Waals surface area (Å²) in [5.41, 5.74) is 0. The minimum atomic E-state index is -1.05. The molecule has 17 heavy (non-hydrogen) atoms. The number of hydrogen-bond acceptors (Lipinski definition) is 4. The Bertz CT molecular complexity index is 417. The van der Waals surface area contributed by atoms with Crippen LogP contribution in [-0.4, -0.2) is 28.1 Å². The predicted molar refractivity (Wildman–Crippen MR) is 65.3 cm³/mol. The number of urea groups is 1. The van der Waals surface area contributed by atoms with Crippen molar-refractivity contribution in [2.45, 2.75) is 26.8 Å². The summed E-state index contributed by atoms with van der Waals surface area (Å²) in [6, 6.07) is -1.46. The number of carboxylic acid groups (broad SMARTS) is 1. The van der Waals surface area contributed by atoms with Crippen molar-refractivity contribution in [3.8, 4) is 0 Å². The molecule has 0 aliphatic heterocycles. The number of nitrogens with one attached hydrogen (secondary N) is 2. The minimum Gasteiger partial charge on any atom is -0.480 e. The summed E-state index contributed by atoms with van der Waals surface area (Å²) in [4.78, 5) is 27.3. The zero-order valence-corrected chi connectivity index (χ0v) is 10.7. The second-order valence-corrected chi connectivity index (χ2v) is 5.17. The Balaban J connectivity index is 2.56. The fourth-order valence-electron chi connectivity index (χ4n) is 1.20. The number of anilines is 1. The molecule has 0 unspecified atom stereocenters. The van der Waals surface area contributed by atoms with Crippen molar-refractivity contribution in [3.05, 3.63) is 11.1 Å². The van der Waals surface area contributed by atoms with Gasteiger partial charge in [-0.2, -0.15) is 0 Å². The molecule has 2 amide bonds. The van der Waals surface area contributed by atoms with Crippen LogP contribution in [0, 0.1) is 12.8 Å². The van der Waals surface area contributed by atoms with Gasteiger partial charge in [-0.05, 0) is 12.8 Å². The fraction of sp³-hybridized carbons (Fsp3) is 0.500. The average Bonchev–Trinajstić information content (AvgIpc) is 2.59. The van der Waals surface area contributed by atoms with E-state index in [4.69, 9.17) is 5.11 Å². The highest BCUT2D eigenvalue weighted by Crippen LogP contribution is 2.16. The highest BCUT2D eigenvalue weighted by Gasteiger charge is 2.23. The summed E-state index contributed by atoms with van der Waals surface area (Å²) in [5.74, 6) is -1.23. The van der Waals surface area contributed by atoms with Crippen LogP contribution in [0.3, 0.4) is 0 Å². The number of hydrogen-bond donors (Lipinski definition) is 3. The molecule has 1 rings (SSSR count). The molecule has 6 nitrogen and oxygen atoms in total.